The number of ether oxygens (including phenoxy) is 1. The molecule has 0 saturated heterocycles. The summed E-state index contributed by atoms with van der Waals surface area (Å²) in [6.07, 6.45) is 0.952. The van der Waals surface area contributed by atoms with Gasteiger partial charge < -0.3 is 15.4 Å². The van der Waals surface area contributed by atoms with Crippen LogP contribution in [0.3, 0.4) is 0 Å². The van der Waals surface area contributed by atoms with Gasteiger partial charge in [0.15, 0.2) is 0 Å². The van der Waals surface area contributed by atoms with Crippen molar-refractivity contribution in [2.75, 3.05) is 5.32 Å². The third kappa shape index (κ3) is 6.05. The van der Waals surface area contributed by atoms with Crippen LogP contribution in [0.5, 0.6) is 0 Å². The second-order valence-electron chi connectivity index (χ2n) is 8.36. The highest BCUT2D eigenvalue weighted by Gasteiger charge is 2.39. The summed E-state index contributed by atoms with van der Waals surface area (Å²) < 4.78 is 5.76. The predicted molar refractivity (Wildman–Crippen MR) is 125 cm³/mol. The number of rotatable bonds is 9. The Labute approximate surface area is 188 Å². The molecule has 0 aromatic heterocycles. The van der Waals surface area contributed by atoms with E-state index in [2.05, 4.69) is 17.6 Å². The first-order valence-corrected chi connectivity index (χ1v) is 11.0. The SMILES string of the molecule is CC1CC1C(=O)Nc1ccc(C(=O)NCc2ccc(COCc3ccccc3)cc2)cc1. The molecule has 32 heavy (non-hydrogen) atoms. The lowest BCUT2D eigenvalue weighted by molar-refractivity contribution is -0.117. The van der Waals surface area contributed by atoms with Gasteiger partial charge in [0.1, 0.15) is 0 Å². The third-order valence-corrected chi connectivity index (χ3v) is 5.72. The number of nitrogens with one attached hydrogen (secondary N) is 2. The van der Waals surface area contributed by atoms with Gasteiger partial charge in [-0.2, -0.15) is 0 Å². The maximum absolute atomic E-state index is 12.4. The minimum Gasteiger partial charge on any atom is -0.372 e. The van der Waals surface area contributed by atoms with Crippen molar-refractivity contribution in [2.24, 2.45) is 11.8 Å². The molecule has 1 aliphatic rings. The zero-order chi connectivity index (χ0) is 22.3. The first-order valence-electron chi connectivity index (χ1n) is 11.0. The van der Waals surface area contributed by atoms with Gasteiger partial charge in [0, 0.05) is 23.7 Å². The van der Waals surface area contributed by atoms with Crippen LogP contribution in [-0.2, 0) is 29.3 Å². The summed E-state index contributed by atoms with van der Waals surface area (Å²) >= 11 is 0. The predicted octanol–water partition coefficient (Wildman–Crippen LogP) is 4.93. The number of carbonyl (C=O) groups is 2. The molecule has 0 radical (unpaired) electrons. The lowest BCUT2D eigenvalue weighted by Gasteiger charge is -2.09. The molecule has 2 N–H and O–H groups in total. The fraction of sp³-hybridized carbons (Fsp3) is 0.259. The minimum atomic E-state index is -0.144. The number of anilines is 1. The Morgan fingerprint density at radius 2 is 1.44 bits per heavy atom. The van der Waals surface area contributed by atoms with Crippen LogP contribution in [0, 0.1) is 11.8 Å². The first kappa shape index (κ1) is 21.8. The van der Waals surface area contributed by atoms with Crippen molar-refractivity contribution in [3.8, 4) is 0 Å². The minimum absolute atomic E-state index is 0.0589. The van der Waals surface area contributed by atoms with Crippen molar-refractivity contribution in [3.05, 3.63) is 101 Å². The zero-order valence-corrected chi connectivity index (χ0v) is 18.2. The van der Waals surface area contributed by atoms with E-state index in [1.807, 2.05) is 54.6 Å². The molecule has 3 aromatic carbocycles. The fourth-order valence-electron chi connectivity index (χ4n) is 3.53. The van der Waals surface area contributed by atoms with E-state index >= 15 is 0 Å². The maximum Gasteiger partial charge on any atom is 0.251 e. The standard InChI is InChI=1S/C27H28N2O3/c1-19-15-25(19)27(31)29-24-13-11-23(12-14-24)26(30)28-16-20-7-9-22(10-8-20)18-32-17-21-5-3-2-4-6-21/h2-14,19,25H,15-18H2,1H3,(H,28,30)(H,29,31). The lowest BCUT2D eigenvalue weighted by Crippen LogP contribution is -2.22. The Bertz CT molecular complexity index is 1050. The van der Waals surface area contributed by atoms with E-state index in [0.717, 1.165) is 28.8 Å². The summed E-state index contributed by atoms with van der Waals surface area (Å²) in [4.78, 5) is 24.4. The number of amides is 2. The molecular formula is C27H28N2O3. The molecule has 1 aliphatic carbocycles. The average Bonchev–Trinajstić information content (AvgIpc) is 3.56. The summed E-state index contributed by atoms with van der Waals surface area (Å²) in [6, 6.07) is 25.1. The zero-order valence-electron chi connectivity index (χ0n) is 18.2. The summed E-state index contributed by atoms with van der Waals surface area (Å²) in [5, 5.41) is 5.84. The first-order chi connectivity index (χ1) is 15.6. The van der Waals surface area contributed by atoms with Gasteiger partial charge in [-0.05, 0) is 53.3 Å². The van der Waals surface area contributed by atoms with E-state index in [4.69, 9.17) is 4.74 Å². The smallest absolute Gasteiger partial charge is 0.251 e. The Kier molecular flexibility index (Phi) is 6.97. The van der Waals surface area contributed by atoms with Crippen LogP contribution < -0.4 is 10.6 Å². The second-order valence-corrected chi connectivity index (χ2v) is 8.36. The summed E-state index contributed by atoms with van der Waals surface area (Å²) in [7, 11) is 0. The highest BCUT2D eigenvalue weighted by molar-refractivity contribution is 5.96. The number of hydrogen-bond acceptors (Lipinski definition) is 3. The van der Waals surface area contributed by atoms with Gasteiger partial charge in [-0.1, -0.05) is 61.5 Å². The molecule has 3 aromatic rings. The molecule has 2 amide bonds. The quantitative estimate of drug-likeness (QED) is 0.508. The van der Waals surface area contributed by atoms with Crippen molar-refractivity contribution in [2.45, 2.75) is 33.1 Å². The number of benzene rings is 3. The van der Waals surface area contributed by atoms with Gasteiger partial charge in [-0.3, -0.25) is 9.59 Å². The molecule has 2 atom stereocenters. The van der Waals surface area contributed by atoms with Crippen LogP contribution in [0.2, 0.25) is 0 Å². The largest absolute Gasteiger partial charge is 0.372 e. The van der Waals surface area contributed by atoms with E-state index in [1.54, 1.807) is 24.3 Å². The Hall–Kier alpha value is -3.44. The van der Waals surface area contributed by atoms with Gasteiger partial charge in [0.25, 0.3) is 5.91 Å². The normalized spacial score (nSPS) is 16.9. The Morgan fingerprint density at radius 1 is 0.844 bits per heavy atom. The van der Waals surface area contributed by atoms with Gasteiger partial charge in [-0.15, -0.1) is 0 Å². The third-order valence-electron chi connectivity index (χ3n) is 5.72. The van der Waals surface area contributed by atoms with E-state index in [0.29, 0.717) is 31.2 Å². The van der Waals surface area contributed by atoms with Gasteiger partial charge in [-0.25, -0.2) is 0 Å². The van der Waals surface area contributed by atoms with Crippen molar-refractivity contribution in [3.63, 3.8) is 0 Å². The van der Waals surface area contributed by atoms with E-state index in [9.17, 15) is 9.59 Å². The van der Waals surface area contributed by atoms with Crippen molar-refractivity contribution >= 4 is 17.5 Å². The van der Waals surface area contributed by atoms with Crippen LogP contribution in [-0.4, -0.2) is 11.8 Å². The Morgan fingerprint density at radius 3 is 2.06 bits per heavy atom. The molecule has 5 nitrogen and oxygen atoms in total. The van der Waals surface area contributed by atoms with Gasteiger partial charge in [0.2, 0.25) is 5.91 Å². The van der Waals surface area contributed by atoms with Crippen LogP contribution >= 0.6 is 0 Å². The summed E-state index contributed by atoms with van der Waals surface area (Å²) in [5.41, 5.74) is 4.55. The van der Waals surface area contributed by atoms with E-state index < -0.39 is 0 Å². The maximum atomic E-state index is 12.4. The van der Waals surface area contributed by atoms with Gasteiger partial charge >= 0.3 is 0 Å². The molecule has 1 fully saturated rings. The molecule has 4 rings (SSSR count). The molecule has 0 bridgehead atoms. The molecule has 1 saturated carbocycles. The molecule has 0 spiro atoms. The van der Waals surface area contributed by atoms with E-state index in [-0.39, 0.29) is 17.7 Å². The number of hydrogen-bond donors (Lipinski definition) is 2. The molecular weight excluding hydrogens is 400 g/mol. The van der Waals surface area contributed by atoms with Crippen molar-refractivity contribution < 1.29 is 14.3 Å². The van der Waals surface area contributed by atoms with Crippen LogP contribution in [0.1, 0.15) is 40.4 Å². The molecule has 2 unspecified atom stereocenters. The summed E-state index contributed by atoms with van der Waals surface area (Å²) in [6.45, 7) is 3.65. The second kappa shape index (κ2) is 10.2. The van der Waals surface area contributed by atoms with Crippen LogP contribution in [0.15, 0.2) is 78.9 Å². The summed E-state index contributed by atoms with van der Waals surface area (Å²) in [5.74, 6) is 0.508. The molecule has 5 heteroatoms. The topological polar surface area (TPSA) is 67.4 Å². The molecule has 0 aliphatic heterocycles. The van der Waals surface area contributed by atoms with Crippen molar-refractivity contribution in [1.29, 1.82) is 0 Å². The fourth-order valence-corrected chi connectivity index (χ4v) is 3.53. The van der Waals surface area contributed by atoms with Crippen LogP contribution in [0.4, 0.5) is 5.69 Å². The number of carbonyl (C=O) groups excluding carboxylic acids is 2. The monoisotopic (exact) mass is 428 g/mol. The van der Waals surface area contributed by atoms with E-state index in [1.165, 1.54) is 0 Å². The van der Waals surface area contributed by atoms with Crippen LogP contribution in [0.25, 0.3) is 0 Å². The Balaban J connectivity index is 1.21. The molecule has 0 heterocycles. The van der Waals surface area contributed by atoms with Gasteiger partial charge in [0.05, 0.1) is 13.2 Å². The lowest BCUT2D eigenvalue weighted by atomic mass is 10.1. The van der Waals surface area contributed by atoms with Crippen molar-refractivity contribution in [1.82, 2.24) is 5.32 Å². The average molecular weight is 429 g/mol. The highest BCUT2D eigenvalue weighted by Crippen LogP contribution is 2.38. The highest BCUT2D eigenvalue weighted by atomic mass is 16.5. The molecule has 164 valence electrons.